The predicted octanol–water partition coefficient (Wildman–Crippen LogP) is 7.36. The minimum atomic E-state index is -0.873. The van der Waals surface area contributed by atoms with Crippen molar-refractivity contribution in [3.63, 3.8) is 0 Å². The van der Waals surface area contributed by atoms with E-state index in [1.165, 1.54) is 0 Å². The number of hydrogen-bond acceptors (Lipinski definition) is 15. The average Bonchev–Trinajstić information content (AvgIpc) is 3.88. The predicted molar refractivity (Wildman–Crippen MR) is 217 cm³/mol. The average molecular weight is 857 g/mol. The molecular formula is C41H41ClN8O11. The maximum absolute atomic E-state index is 12.7. The molecular weight excluding hydrogens is 816 g/mol. The van der Waals surface area contributed by atoms with Crippen LogP contribution in [0.15, 0.2) is 97.1 Å². The molecule has 0 aliphatic rings. The molecule has 61 heavy (non-hydrogen) atoms. The fourth-order valence-corrected chi connectivity index (χ4v) is 6.27. The normalized spacial score (nSPS) is 10.6. The number of imidazole rings is 1. The number of carbonyl (C=O) groups is 2. The van der Waals surface area contributed by atoms with Gasteiger partial charge >= 0.3 is 6.09 Å². The molecule has 0 unspecified atom stereocenters. The van der Waals surface area contributed by atoms with Gasteiger partial charge in [-0.15, -0.1) is 30.4 Å². The molecule has 6 rings (SSSR count). The van der Waals surface area contributed by atoms with Crippen LogP contribution in [0.25, 0.3) is 22.5 Å². The number of rotatable bonds is 20. The zero-order chi connectivity index (χ0) is 43.6. The van der Waals surface area contributed by atoms with Gasteiger partial charge in [-0.3, -0.25) is 4.79 Å². The molecule has 318 valence electrons. The molecule has 4 aromatic carbocycles. The van der Waals surface area contributed by atoms with Gasteiger partial charge in [-0.1, -0.05) is 127 Å². The molecule has 0 aliphatic carbocycles. The summed E-state index contributed by atoms with van der Waals surface area (Å²) >= 11 is 6.41. The van der Waals surface area contributed by atoms with Crippen molar-refractivity contribution in [2.75, 3.05) is 7.11 Å². The highest BCUT2D eigenvalue weighted by Gasteiger charge is 2.19. The van der Waals surface area contributed by atoms with Crippen LogP contribution in [-0.4, -0.2) is 59.6 Å². The summed E-state index contributed by atoms with van der Waals surface area (Å²) in [6.45, 7) is 3.16. The first kappa shape index (κ1) is 44.8. The molecule has 0 fully saturated rings. The van der Waals surface area contributed by atoms with Gasteiger partial charge in [-0.2, -0.15) is 0 Å². The van der Waals surface area contributed by atoms with E-state index in [1.807, 2.05) is 71.3 Å². The molecule has 20 heteroatoms. The van der Waals surface area contributed by atoms with E-state index >= 15 is 0 Å². The standard InChI is InChI=1S/C32H30ClN7O7.C9H11NO4/c1-2-3-11-29-34-30(33)28(20-45-21-41)38(29)17-22-12-14-25(15-13-22)26-9-4-5-10-27(26)31-35-37-39(36-31)32(42)46-18-23-7-6-8-24(16-23)19-47-40(43)44;1-13-6-8-3-2-4-9(5-8)7-14-10(11)12/h4-10,12-16,21H,2-3,11,17-20H2,1H3;2-5H,6-7H2,1H3. The zero-order valence-corrected chi connectivity index (χ0v) is 33.9. The molecule has 19 nitrogen and oxygen atoms in total. The van der Waals surface area contributed by atoms with Gasteiger partial charge < -0.3 is 28.5 Å². The molecule has 0 spiro atoms. The minimum Gasteiger partial charge on any atom is -0.461 e. The van der Waals surface area contributed by atoms with Crippen LogP contribution in [0.3, 0.4) is 0 Å². The molecule has 2 aromatic heterocycles. The number of unbranched alkanes of at least 4 members (excludes halogenated alkanes) is 1. The second-order valence-electron chi connectivity index (χ2n) is 13.1. The van der Waals surface area contributed by atoms with Gasteiger partial charge in [0.25, 0.3) is 16.6 Å². The Morgan fingerprint density at radius 3 is 1.98 bits per heavy atom. The van der Waals surface area contributed by atoms with E-state index in [-0.39, 0.29) is 32.3 Å². The lowest BCUT2D eigenvalue weighted by Crippen LogP contribution is -2.17. The van der Waals surface area contributed by atoms with Gasteiger partial charge in [0.2, 0.25) is 5.82 Å². The molecule has 0 amide bonds. The van der Waals surface area contributed by atoms with Crippen LogP contribution in [0.2, 0.25) is 5.15 Å². The van der Waals surface area contributed by atoms with Crippen LogP contribution < -0.4 is 0 Å². The van der Waals surface area contributed by atoms with Crippen molar-refractivity contribution < 1.29 is 43.6 Å². The number of carbonyl (C=O) groups excluding carboxylic acids is 2. The van der Waals surface area contributed by atoms with Crippen LogP contribution in [0.5, 0.6) is 0 Å². The Hall–Kier alpha value is -7.25. The van der Waals surface area contributed by atoms with Crippen LogP contribution >= 0.6 is 11.6 Å². The lowest BCUT2D eigenvalue weighted by molar-refractivity contribution is -0.763. The van der Waals surface area contributed by atoms with Gasteiger partial charge in [0.05, 0.1) is 12.3 Å². The van der Waals surface area contributed by atoms with Gasteiger partial charge in [0, 0.05) is 25.6 Å². The third-order valence-corrected chi connectivity index (χ3v) is 9.13. The van der Waals surface area contributed by atoms with Gasteiger partial charge in [-0.25, -0.2) is 9.78 Å². The molecule has 0 bridgehead atoms. The maximum Gasteiger partial charge on any atom is 0.454 e. The fourth-order valence-electron chi connectivity index (χ4n) is 6.01. The lowest BCUT2D eigenvalue weighted by atomic mass is 9.98. The number of aryl methyl sites for hydroxylation is 1. The highest BCUT2D eigenvalue weighted by molar-refractivity contribution is 6.30. The van der Waals surface area contributed by atoms with Crippen molar-refractivity contribution in [2.24, 2.45) is 0 Å². The van der Waals surface area contributed by atoms with E-state index in [0.717, 1.165) is 57.7 Å². The van der Waals surface area contributed by atoms with Gasteiger partial charge in [-0.05, 0) is 50.6 Å². The number of methoxy groups -OCH3 is 1. The number of tetrazole rings is 1. The Balaban J connectivity index is 0.000000427. The smallest absolute Gasteiger partial charge is 0.454 e. The van der Waals surface area contributed by atoms with Crippen molar-refractivity contribution in [1.82, 2.24) is 29.8 Å². The molecule has 2 heterocycles. The first-order chi connectivity index (χ1) is 29.6. The molecule has 0 atom stereocenters. The van der Waals surface area contributed by atoms with Crippen molar-refractivity contribution in [2.45, 2.75) is 65.8 Å². The van der Waals surface area contributed by atoms with E-state index in [2.05, 4.69) is 37.0 Å². The third kappa shape index (κ3) is 13.4. The van der Waals surface area contributed by atoms with Crippen molar-refractivity contribution in [3.8, 4) is 22.5 Å². The van der Waals surface area contributed by atoms with Crippen molar-refractivity contribution in [3.05, 3.63) is 162 Å². The number of benzene rings is 4. The Kier molecular flexibility index (Phi) is 16.7. The molecule has 0 saturated carbocycles. The maximum atomic E-state index is 12.7. The van der Waals surface area contributed by atoms with E-state index in [1.54, 1.807) is 37.4 Å². The number of ether oxygens (including phenoxy) is 3. The molecule has 0 saturated heterocycles. The second kappa shape index (κ2) is 22.8. The number of halogens is 1. The van der Waals surface area contributed by atoms with E-state index in [0.29, 0.717) is 47.2 Å². The van der Waals surface area contributed by atoms with Gasteiger partial charge in [0.15, 0.2) is 5.15 Å². The van der Waals surface area contributed by atoms with E-state index in [9.17, 15) is 29.8 Å². The first-order valence-corrected chi connectivity index (χ1v) is 19.1. The summed E-state index contributed by atoms with van der Waals surface area (Å²) in [5.41, 5.74) is 6.91. The Morgan fingerprint density at radius 1 is 0.787 bits per heavy atom. The van der Waals surface area contributed by atoms with E-state index < -0.39 is 16.3 Å². The Labute approximate surface area is 353 Å². The van der Waals surface area contributed by atoms with Crippen LogP contribution in [-0.2, 0) is 74.7 Å². The summed E-state index contributed by atoms with van der Waals surface area (Å²) < 4.78 is 17.3. The quantitative estimate of drug-likeness (QED) is 0.0415. The zero-order valence-electron chi connectivity index (χ0n) is 33.1. The summed E-state index contributed by atoms with van der Waals surface area (Å²) in [6.07, 6.45) is 1.86. The summed E-state index contributed by atoms with van der Waals surface area (Å²) in [5.74, 6) is 1.06. The largest absolute Gasteiger partial charge is 0.461 e. The van der Waals surface area contributed by atoms with Crippen LogP contribution in [0, 0.1) is 20.2 Å². The fraction of sp³-hybridized carbons (Fsp3) is 0.268. The summed E-state index contributed by atoms with van der Waals surface area (Å²) in [5, 5.41) is 31.3. The van der Waals surface area contributed by atoms with Gasteiger partial charge in [0.1, 0.15) is 32.3 Å². The summed E-state index contributed by atoms with van der Waals surface area (Å²) in [7, 11) is 1.60. The third-order valence-electron chi connectivity index (χ3n) is 8.82. The molecule has 0 N–H and O–H groups in total. The van der Waals surface area contributed by atoms with Crippen molar-refractivity contribution in [1.29, 1.82) is 0 Å². The second-order valence-corrected chi connectivity index (χ2v) is 13.5. The first-order valence-electron chi connectivity index (χ1n) is 18.7. The highest BCUT2D eigenvalue weighted by atomic mass is 35.5. The van der Waals surface area contributed by atoms with Crippen LogP contribution in [0.4, 0.5) is 4.79 Å². The van der Waals surface area contributed by atoms with Crippen molar-refractivity contribution >= 4 is 24.2 Å². The minimum absolute atomic E-state index is 0.0233. The Bertz CT molecular complexity index is 2410. The SMILES string of the molecule is CCCCc1nc(Cl)c(COC=O)n1Cc1ccc(-c2ccccc2-c2nnn(C(=O)OCc3cccc(CO[N+](=O)[O-])c3)n2)cc1.COCc1cccc(CO[N+](=O)[O-])c1. The van der Waals surface area contributed by atoms with Crippen LogP contribution in [0.1, 0.15) is 59.1 Å². The lowest BCUT2D eigenvalue weighted by Gasteiger charge is -2.13. The number of aromatic nitrogens is 6. The molecule has 0 radical (unpaired) electrons. The number of hydrogen-bond donors (Lipinski definition) is 0. The summed E-state index contributed by atoms with van der Waals surface area (Å²) in [6, 6.07) is 29.4. The highest BCUT2D eigenvalue weighted by Crippen LogP contribution is 2.30. The summed E-state index contributed by atoms with van der Waals surface area (Å²) in [4.78, 5) is 57.9. The molecule has 6 aromatic rings. The van der Waals surface area contributed by atoms with E-state index in [4.69, 9.17) is 25.8 Å². The number of nitrogens with zero attached hydrogens (tertiary/aromatic N) is 8. The Morgan fingerprint density at radius 2 is 1.39 bits per heavy atom. The monoisotopic (exact) mass is 856 g/mol. The molecule has 0 aliphatic heterocycles. The topological polar surface area (TPSA) is 228 Å².